The van der Waals surface area contributed by atoms with Crippen molar-refractivity contribution in [1.82, 2.24) is 0 Å². The van der Waals surface area contributed by atoms with Gasteiger partial charge >= 0.3 is 12.4 Å². The average molecular weight is 504 g/mol. The molecule has 3 aromatic carbocycles. The number of nitrogens with one attached hydrogen (secondary N) is 2. The number of benzene rings is 3. The van der Waals surface area contributed by atoms with Gasteiger partial charge in [-0.2, -0.15) is 26.3 Å². The first-order valence-electron chi connectivity index (χ1n) is 10.3. The van der Waals surface area contributed by atoms with Crippen LogP contribution in [0.25, 0.3) is 11.4 Å². The molecule has 3 rings (SSSR count). The number of hydrogen-bond acceptors (Lipinski definition) is 4. The largest absolute Gasteiger partial charge is 0.454 e. The van der Waals surface area contributed by atoms with E-state index in [1.54, 1.807) is 36.4 Å². The van der Waals surface area contributed by atoms with Gasteiger partial charge in [0.1, 0.15) is 0 Å². The molecule has 0 heterocycles. The van der Waals surface area contributed by atoms with Crippen LogP contribution in [0.4, 0.5) is 37.7 Å². The minimum atomic E-state index is -5.08. The SMILES string of the molecule is O=C(/C=C(\Nc1cccc(N/C(=C\C(=O)C(F)(F)F)c2ccccc2)c1)c1ccccc1)C(F)(F)F. The monoisotopic (exact) mass is 504 g/mol. The van der Waals surface area contributed by atoms with E-state index in [2.05, 4.69) is 10.6 Å². The normalized spacial score (nSPS) is 12.7. The van der Waals surface area contributed by atoms with Crippen LogP contribution in [0.1, 0.15) is 11.1 Å². The van der Waals surface area contributed by atoms with Crippen LogP contribution >= 0.6 is 0 Å². The van der Waals surface area contributed by atoms with E-state index in [1.807, 2.05) is 0 Å². The van der Waals surface area contributed by atoms with Gasteiger partial charge in [0.15, 0.2) is 0 Å². The predicted octanol–water partition coefficient (Wildman–Crippen LogP) is 6.86. The number of halogens is 6. The van der Waals surface area contributed by atoms with Crippen LogP contribution in [0.3, 0.4) is 0 Å². The fraction of sp³-hybridized carbons (Fsp3) is 0.0769. The molecule has 36 heavy (non-hydrogen) atoms. The Morgan fingerprint density at radius 2 is 0.917 bits per heavy atom. The van der Waals surface area contributed by atoms with Crippen molar-refractivity contribution in [2.24, 2.45) is 0 Å². The van der Waals surface area contributed by atoms with Gasteiger partial charge in [0, 0.05) is 34.9 Å². The third kappa shape index (κ3) is 7.33. The van der Waals surface area contributed by atoms with E-state index in [-0.39, 0.29) is 22.8 Å². The van der Waals surface area contributed by atoms with E-state index in [4.69, 9.17) is 0 Å². The summed E-state index contributed by atoms with van der Waals surface area (Å²) in [5.41, 5.74) is 0.796. The van der Waals surface area contributed by atoms with Gasteiger partial charge in [-0.05, 0) is 29.3 Å². The molecule has 0 aliphatic carbocycles. The first kappa shape index (κ1) is 26.3. The summed E-state index contributed by atoms with van der Waals surface area (Å²) in [5, 5.41) is 5.50. The van der Waals surface area contributed by atoms with Crippen molar-refractivity contribution >= 4 is 34.3 Å². The van der Waals surface area contributed by atoms with Crippen LogP contribution in [0.15, 0.2) is 97.1 Å². The van der Waals surface area contributed by atoms with Gasteiger partial charge in [-0.1, -0.05) is 66.7 Å². The van der Waals surface area contributed by atoms with Gasteiger partial charge in [-0.25, -0.2) is 0 Å². The maximum Gasteiger partial charge on any atom is 0.454 e. The van der Waals surface area contributed by atoms with Crippen molar-refractivity contribution in [2.45, 2.75) is 12.4 Å². The van der Waals surface area contributed by atoms with Crippen LogP contribution in [-0.4, -0.2) is 23.9 Å². The summed E-state index contributed by atoms with van der Waals surface area (Å²) >= 11 is 0. The van der Waals surface area contributed by atoms with Crippen molar-refractivity contribution in [3.8, 4) is 0 Å². The third-order valence-electron chi connectivity index (χ3n) is 4.70. The van der Waals surface area contributed by atoms with Gasteiger partial charge in [0.2, 0.25) is 0 Å². The summed E-state index contributed by atoms with van der Waals surface area (Å²) in [5.74, 6) is -4.13. The Kier molecular flexibility index (Phi) is 7.98. The van der Waals surface area contributed by atoms with Gasteiger partial charge in [-0.3, -0.25) is 9.59 Å². The molecule has 2 N–H and O–H groups in total. The van der Waals surface area contributed by atoms with Crippen LogP contribution in [0.5, 0.6) is 0 Å². The van der Waals surface area contributed by atoms with Crippen LogP contribution in [0, 0.1) is 0 Å². The molecule has 10 heteroatoms. The van der Waals surface area contributed by atoms with Gasteiger partial charge in [0.25, 0.3) is 11.6 Å². The second-order valence-electron chi connectivity index (χ2n) is 7.40. The zero-order chi connectivity index (χ0) is 26.3. The Morgan fingerprint density at radius 3 is 1.25 bits per heavy atom. The zero-order valence-corrected chi connectivity index (χ0v) is 18.3. The van der Waals surface area contributed by atoms with Crippen molar-refractivity contribution in [3.63, 3.8) is 0 Å². The van der Waals surface area contributed by atoms with Gasteiger partial charge < -0.3 is 10.6 Å². The Labute approximate surface area is 202 Å². The molecular weight excluding hydrogens is 486 g/mol. The molecule has 0 aliphatic rings. The Bertz CT molecular complexity index is 1180. The van der Waals surface area contributed by atoms with Crippen molar-refractivity contribution in [3.05, 3.63) is 108 Å². The van der Waals surface area contributed by atoms with Gasteiger partial charge in [0.05, 0.1) is 0 Å². The lowest BCUT2D eigenvalue weighted by molar-refractivity contribution is -0.165. The Hall–Kier alpha value is -4.34. The van der Waals surface area contributed by atoms with Crippen molar-refractivity contribution < 1.29 is 35.9 Å². The number of carbonyl (C=O) groups excluding carboxylic acids is 2. The molecule has 0 saturated carbocycles. The second-order valence-corrected chi connectivity index (χ2v) is 7.40. The van der Waals surface area contributed by atoms with E-state index >= 15 is 0 Å². The molecular formula is C26H18F6N2O2. The van der Waals surface area contributed by atoms with E-state index < -0.39 is 23.9 Å². The maximum atomic E-state index is 12.9. The lowest BCUT2D eigenvalue weighted by Crippen LogP contribution is -2.21. The van der Waals surface area contributed by atoms with Gasteiger partial charge in [-0.15, -0.1) is 0 Å². The fourth-order valence-corrected chi connectivity index (χ4v) is 3.03. The highest BCUT2D eigenvalue weighted by atomic mass is 19.4. The van der Waals surface area contributed by atoms with Crippen LogP contribution in [0.2, 0.25) is 0 Å². The zero-order valence-electron chi connectivity index (χ0n) is 18.3. The highest BCUT2D eigenvalue weighted by Gasteiger charge is 2.37. The van der Waals surface area contributed by atoms with E-state index in [0.29, 0.717) is 23.3 Å². The average Bonchev–Trinajstić information content (AvgIpc) is 2.83. The van der Waals surface area contributed by atoms with Crippen LogP contribution in [-0.2, 0) is 9.59 Å². The molecule has 0 spiro atoms. The Morgan fingerprint density at radius 1 is 0.556 bits per heavy atom. The molecule has 0 aromatic heterocycles. The van der Waals surface area contributed by atoms with Crippen molar-refractivity contribution in [2.75, 3.05) is 10.6 Å². The number of anilines is 2. The summed E-state index contributed by atoms with van der Waals surface area (Å²) in [6.07, 6.45) is -9.31. The molecule has 0 radical (unpaired) electrons. The second kappa shape index (κ2) is 10.9. The number of alkyl halides is 6. The molecule has 0 saturated heterocycles. The molecule has 4 nitrogen and oxygen atoms in total. The molecule has 186 valence electrons. The molecule has 3 aromatic rings. The number of rotatable bonds is 8. The quantitative estimate of drug-likeness (QED) is 0.260. The molecule has 0 unspecified atom stereocenters. The summed E-state index contributed by atoms with van der Waals surface area (Å²) in [7, 11) is 0. The smallest absolute Gasteiger partial charge is 0.355 e. The van der Waals surface area contributed by atoms with E-state index in [0.717, 1.165) is 0 Å². The minimum absolute atomic E-state index is 0.138. The van der Waals surface area contributed by atoms with E-state index in [9.17, 15) is 35.9 Å². The fourth-order valence-electron chi connectivity index (χ4n) is 3.03. The molecule has 0 atom stereocenters. The number of ketones is 2. The summed E-state index contributed by atoms with van der Waals surface area (Å²) in [6, 6.07) is 21.5. The minimum Gasteiger partial charge on any atom is -0.355 e. The lowest BCUT2D eigenvalue weighted by Gasteiger charge is -2.15. The standard InChI is InChI=1S/C26H18F6N2O2/c27-25(28,29)23(35)15-21(17-8-3-1-4-9-17)33-19-12-7-13-20(14-19)34-22(16-24(36)26(30,31)32)18-10-5-2-6-11-18/h1-16,33-34H/b21-15-,22-16-. The topological polar surface area (TPSA) is 58.2 Å². The number of hydrogen-bond donors (Lipinski definition) is 2. The Balaban J connectivity index is 1.95. The van der Waals surface area contributed by atoms with E-state index in [1.165, 1.54) is 48.5 Å². The molecule has 0 aliphatic heterocycles. The number of allylic oxidation sites excluding steroid dienone is 2. The third-order valence-corrected chi connectivity index (χ3v) is 4.70. The molecule has 0 bridgehead atoms. The lowest BCUT2D eigenvalue weighted by atomic mass is 10.1. The van der Waals surface area contributed by atoms with Crippen LogP contribution < -0.4 is 10.6 Å². The highest BCUT2D eigenvalue weighted by Crippen LogP contribution is 2.27. The predicted molar refractivity (Wildman–Crippen MR) is 125 cm³/mol. The number of carbonyl (C=O) groups is 2. The first-order chi connectivity index (χ1) is 16.9. The summed E-state index contributed by atoms with van der Waals surface area (Å²) in [4.78, 5) is 23.2. The van der Waals surface area contributed by atoms with Crippen molar-refractivity contribution in [1.29, 1.82) is 0 Å². The summed E-state index contributed by atoms with van der Waals surface area (Å²) < 4.78 is 77.3. The molecule has 0 amide bonds. The molecule has 0 fully saturated rings. The highest BCUT2D eigenvalue weighted by molar-refractivity contribution is 6.03. The maximum absolute atomic E-state index is 12.9. The first-order valence-corrected chi connectivity index (χ1v) is 10.3. The summed E-state index contributed by atoms with van der Waals surface area (Å²) in [6.45, 7) is 0.